The van der Waals surface area contributed by atoms with E-state index in [1.165, 1.54) is 0 Å². The highest BCUT2D eigenvalue weighted by atomic mass is 16.5. The highest BCUT2D eigenvalue weighted by molar-refractivity contribution is 5.38. The average molecular weight is 248 g/mol. The van der Waals surface area contributed by atoms with E-state index in [0.717, 1.165) is 37.0 Å². The smallest absolute Gasteiger partial charge is 0.125 e. The molecule has 0 saturated heterocycles. The lowest BCUT2D eigenvalue weighted by Gasteiger charge is -2.41. The number of hydrogen-bond donors (Lipinski definition) is 1. The van der Waals surface area contributed by atoms with Crippen LogP contribution in [0.5, 0.6) is 5.75 Å². The minimum absolute atomic E-state index is 0.354. The van der Waals surface area contributed by atoms with E-state index in [2.05, 4.69) is 13.8 Å². The Bertz CT molecular complexity index is 399. The second kappa shape index (κ2) is 4.93. The van der Waals surface area contributed by atoms with Gasteiger partial charge in [-0.05, 0) is 44.1 Å². The van der Waals surface area contributed by atoms with Crippen molar-refractivity contribution in [1.29, 1.82) is 0 Å². The van der Waals surface area contributed by atoms with Crippen molar-refractivity contribution in [3.8, 4) is 5.75 Å². The molecule has 0 atom stereocenters. The molecule has 100 valence electrons. The van der Waals surface area contributed by atoms with Gasteiger partial charge < -0.3 is 9.84 Å². The lowest BCUT2D eigenvalue weighted by Crippen LogP contribution is -2.34. The van der Waals surface area contributed by atoms with Gasteiger partial charge in [0, 0.05) is 5.56 Å². The number of ether oxygens (including phenoxy) is 1. The number of aliphatic hydroxyl groups is 1. The topological polar surface area (TPSA) is 29.5 Å². The summed E-state index contributed by atoms with van der Waals surface area (Å²) in [7, 11) is 0. The van der Waals surface area contributed by atoms with E-state index in [0.29, 0.717) is 12.0 Å². The van der Waals surface area contributed by atoms with Crippen LogP contribution in [0.4, 0.5) is 0 Å². The van der Waals surface area contributed by atoms with Crippen LogP contribution in [0.25, 0.3) is 0 Å². The number of rotatable bonds is 3. The van der Waals surface area contributed by atoms with E-state index >= 15 is 0 Å². The number of para-hydroxylation sites is 1. The first-order valence-electron chi connectivity index (χ1n) is 6.92. The van der Waals surface area contributed by atoms with E-state index in [4.69, 9.17) is 4.74 Å². The highest BCUT2D eigenvalue weighted by Crippen LogP contribution is 2.47. The van der Waals surface area contributed by atoms with Gasteiger partial charge in [-0.15, -0.1) is 0 Å². The Morgan fingerprint density at radius 2 is 1.72 bits per heavy atom. The monoisotopic (exact) mass is 248 g/mol. The summed E-state index contributed by atoms with van der Waals surface area (Å²) in [5.41, 5.74) is 0.607. The molecule has 2 heteroatoms. The van der Waals surface area contributed by atoms with Crippen molar-refractivity contribution in [2.75, 3.05) is 6.61 Å². The molecule has 1 N–H and O–H groups in total. The van der Waals surface area contributed by atoms with Crippen molar-refractivity contribution >= 4 is 0 Å². The van der Waals surface area contributed by atoms with Gasteiger partial charge in [-0.2, -0.15) is 0 Å². The van der Waals surface area contributed by atoms with Gasteiger partial charge in [0.25, 0.3) is 0 Å². The molecule has 2 rings (SSSR count). The van der Waals surface area contributed by atoms with Crippen LogP contribution in [0.15, 0.2) is 24.3 Å². The van der Waals surface area contributed by atoms with Crippen LogP contribution in [0.1, 0.15) is 52.0 Å². The number of benzene rings is 1. The van der Waals surface area contributed by atoms with E-state index in [1.807, 2.05) is 31.2 Å². The van der Waals surface area contributed by atoms with Crippen LogP contribution in [0.3, 0.4) is 0 Å². The molecule has 0 spiro atoms. The fourth-order valence-electron chi connectivity index (χ4n) is 2.74. The maximum atomic E-state index is 10.9. The van der Waals surface area contributed by atoms with Crippen molar-refractivity contribution in [2.24, 2.45) is 5.41 Å². The Morgan fingerprint density at radius 1 is 1.11 bits per heavy atom. The Balaban J connectivity index is 2.25. The van der Waals surface area contributed by atoms with Gasteiger partial charge in [0.2, 0.25) is 0 Å². The molecular weight excluding hydrogens is 224 g/mol. The fraction of sp³-hybridized carbons (Fsp3) is 0.625. The molecule has 1 aromatic rings. The van der Waals surface area contributed by atoms with Crippen molar-refractivity contribution in [1.82, 2.24) is 0 Å². The maximum Gasteiger partial charge on any atom is 0.125 e. The lowest BCUT2D eigenvalue weighted by atomic mass is 9.68. The Labute approximate surface area is 110 Å². The van der Waals surface area contributed by atoms with Gasteiger partial charge in [0.05, 0.1) is 12.2 Å². The molecule has 1 aliphatic carbocycles. The fourth-order valence-corrected chi connectivity index (χ4v) is 2.74. The van der Waals surface area contributed by atoms with Gasteiger partial charge in [-0.3, -0.25) is 0 Å². The zero-order valence-corrected chi connectivity index (χ0v) is 11.7. The van der Waals surface area contributed by atoms with Crippen LogP contribution in [-0.2, 0) is 5.60 Å². The third-order valence-electron chi connectivity index (χ3n) is 4.12. The highest BCUT2D eigenvalue weighted by Gasteiger charge is 2.39. The van der Waals surface area contributed by atoms with Crippen molar-refractivity contribution in [3.05, 3.63) is 29.8 Å². The summed E-state index contributed by atoms with van der Waals surface area (Å²) < 4.78 is 5.65. The predicted octanol–water partition coefficient (Wildman–Crippen LogP) is 3.87. The molecule has 1 aliphatic rings. The van der Waals surface area contributed by atoms with Crippen molar-refractivity contribution in [2.45, 2.75) is 52.1 Å². The van der Waals surface area contributed by atoms with E-state index in [9.17, 15) is 5.11 Å². The van der Waals surface area contributed by atoms with Gasteiger partial charge in [-0.25, -0.2) is 0 Å². The van der Waals surface area contributed by atoms with Crippen LogP contribution < -0.4 is 4.74 Å². The SMILES string of the molecule is CCOc1ccccc1C1(O)CCC(C)(C)CC1. The molecule has 1 saturated carbocycles. The average Bonchev–Trinajstić information content (AvgIpc) is 2.35. The maximum absolute atomic E-state index is 10.9. The third kappa shape index (κ3) is 2.69. The van der Waals surface area contributed by atoms with E-state index in [1.54, 1.807) is 0 Å². The first kappa shape index (κ1) is 13.4. The molecule has 0 aromatic heterocycles. The number of hydrogen-bond acceptors (Lipinski definition) is 2. The van der Waals surface area contributed by atoms with Crippen LogP contribution in [0.2, 0.25) is 0 Å². The summed E-state index contributed by atoms with van der Waals surface area (Å²) >= 11 is 0. The normalized spacial score (nSPS) is 21.6. The summed E-state index contributed by atoms with van der Waals surface area (Å²) in [5.74, 6) is 0.835. The zero-order chi connectivity index (χ0) is 13.2. The standard InChI is InChI=1S/C16H24O2/c1-4-18-14-8-6-5-7-13(14)16(17)11-9-15(2,3)10-12-16/h5-8,17H,4,9-12H2,1-3H3. The van der Waals surface area contributed by atoms with Crippen molar-refractivity contribution in [3.63, 3.8) is 0 Å². The molecule has 0 heterocycles. The third-order valence-corrected chi connectivity index (χ3v) is 4.12. The molecule has 2 nitrogen and oxygen atoms in total. The summed E-state index contributed by atoms with van der Waals surface area (Å²) in [4.78, 5) is 0. The Hall–Kier alpha value is -1.02. The summed E-state index contributed by atoms with van der Waals surface area (Å²) in [5, 5.41) is 10.9. The second-order valence-corrected chi connectivity index (χ2v) is 6.12. The quantitative estimate of drug-likeness (QED) is 0.879. The predicted molar refractivity (Wildman–Crippen MR) is 73.8 cm³/mol. The molecule has 0 amide bonds. The zero-order valence-electron chi connectivity index (χ0n) is 11.7. The van der Waals surface area contributed by atoms with Gasteiger partial charge in [0.1, 0.15) is 5.75 Å². The van der Waals surface area contributed by atoms with Gasteiger partial charge in [-0.1, -0.05) is 32.0 Å². The molecule has 0 bridgehead atoms. The summed E-state index contributed by atoms with van der Waals surface area (Å²) in [6.07, 6.45) is 3.77. The molecule has 18 heavy (non-hydrogen) atoms. The molecular formula is C16H24O2. The molecule has 1 fully saturated rings. The minimum Gasteiger partial charge on any atom is -0.493 e. The molecule has 0 unspecified atom stereocenters. The van der Waals surface area contributed by atoms with Crippen molar-refractivity contribution < 1.29 is 9.84 Å². The van der Waals surface area contributed by atoms with Gasteiger partial charge >= 0.3 is 0 Å². The largest absolute Gasteiger partial charge is 0.493 e. The van der Waals surface area contributed by atoms with Gasteiger partial charge in [0.15, 0.2) is 0 Å². The van der Waals surface area contributed by atoms with Crippen LogP contribution >= 0.6 is 0 Å². The van der Waals surface area contributed by atoms with Crippen LogP contribution in [0, 0.1) is 5.41 Å². The lowest BCUT2D eigenvalue weighted by molar-refractivity contribution is -0.0323. The molecule has 0 radical (unpaired) electrons. The first-order valence-corrected chi connectivity index (χ1v) is 6.92. The van der Waals surface area contributed by atoms with E-state index < -0.39 is 5.60 Å². The summed E-state index contributed by atoms with van der Waals surface area (Å²) in [6.45, 7) is 7.17. The van der Waals surface area contributed by atoms with E-state index in [-0.39, 0.29) is 0 Å². The first-order chi connectivity index (χ1) is 8.47. The van der Waals surface area contributed by atoms with Crippen LogP contribution in [-0.4, -0.2) is 11.7 Å². The minimum atomic E-state index is -0.707. The Kier molecular flexibility index (Phi) is 3.67. The molecule has 1 aromatic carbocycles. The second-order valence-electron chi connectivity index (χ2n) is 6.12. The summed E-state index contributed by atoms with van der Waals surface area (Å²) in [6, 6.07) is 7.90. The molecule has 0 aliphatic heterocycles. The Morgan fingerprint density at radius 3 is 2.33 bits per heavy atom.